The number of carbonyl (C=O) groups excluding carboxylic acids is 2. The van der Waals surface area contributed by atoms with Crippen LogP contribution in [0.4, 0.5) is 10.5 Å². The van der Waals surface area contributed by atoms with Crippen molar-refractivity contribution in [3.63, 3.8) is 0 Å². The molecule has 0 bridgehead atoms. The number of anilines is 1. The summed E-state index contributed by atoms with van der Waals surface area (Å²) in [4.78, 5) is 27.2. The summed E-state index contributed by atoms with van der Waals surface area (Å²) in [6.45, 7) is 5.45. The van der Waals surface area contributed by atoms with E-state index in [1.807, 2.05) is 50.2 Å². The highest BCUT2D eigenvalue weighted by Crippen LogP contribution is 2.30. The highest BCUT2D eigenvalue weighted by atomic mass is 35.5. The van der Waals surface area contributed by atoms with E-state index >= 15 is 0 Å². The number of benzene rings is 2. The number of carbonyl (C=O) groups is 2. The SMILES string of the molecule is Cc1ccc(CNC(=O)[C@]2(C)CCCN(C(=O)Nc3ccccc3Cl)C2)cc1. The number of likely N-dealkylation sites (tertiary alicyclic amines) is 1. The first-order valence-corrected chi connectivity index (χ1v) is 9.89. The monoisotopic (exact) mass is 399 g/mol. The highest BCUT2D eigenvalue weighted by Gasteiger charge is 2.39. The van der Waals surface area contributed by atoms with Crippen LogP contribution in [0.15, 0.2) is 48.5 Å². The van der Waals surface area contributed by atoms with Crippen LogP contribution >= 0.6 is 11.6 Å². The van der Waals surface area contributed by atoms with Gasteiger partial charge in [-0.3, -0.25) is 4.79 Å². The van der Waals surface area contributed by atoms with E-state index in [0.717, 1.165) is 18.4 Å². The Kier molecular flexibility index (Phi) is 6.25. The highest BCUT2D eigenvalue weighted by molar-refractivity contribution is 6.33. The Hall–Kier alpha value is -2.53. The molecule has 1 fully saturated rings. The zero-order chi connectivity index (χ0) is 20.1. The first kappa shape index (κ1) is 20.2. The first-order valence-electron chi connectivity index (χ1n) is 9.52. The molecule has 3 rings (SSSR count). The molecule has 2 aromatic rings. The molecule has 0 radical (unpaired) electrons. The van der Waals surface area contributed by atoms with Crippen molar-refractivity contribution in [3.8, 4) is 0 Å². The minimum absolute atomic E-state index is 0.0247. The molecule has 3 amide bonds. The van der Waals surface area contributed by atoms with E-state index in [1.54, 1.807) is 17.0 Å². The van der Waals surface area contributed by atoms with Crippen molar-refractivity contribution >= 4 is 29.2 Å². The van der Waals surface area contributed by atoms with Crippen molar-refractivity contribution in [2.45, 2.75) is 33.2 Å². The molecule has 0 spiro atoms. The maximum Gasteiger partial charge on any atom is 0.321 e. The van der Waals surface area contributed by atoms with Gasteiger partial charge in [0.15, 0.2) is 0 Å². The van der Waals surface area contributed by atoms with Gasteiger partial charge in [0, 0.05) is 19.6 Å². The van der Waals surface area contributed by atoms with Crippen LogP contribution in [0.2, 0.25) is 5.02 Å². The summed E-state index contributed by atoms with van der Waals surface area (Å²) in [7, 11) is 0. The van der Waals surface area contributed by atoms with Crippen LogP contribution in [0, 0.1) is 12.3 Å². The van der Waals surface area contributed by atoms with E-state index in [-0.39, 0.29) is 11.9 Å². The molecule has 28 heavy (non-hydrogen) atoms. The second kappa shape index (κ2) is 8.65. The van der Waals surface area contributed by atoms with Gasteiger partial charge >= 0.3 is 6.03 Å². The van der Waals surface area contributed by atoms with Gasteiger partial charge in [-0.25, -0.2) is 4.79 Å². The third kappa shape index (κ3) is 4.84. The Morgan fingerprint density at radius 3 is 2.57 bits per heavy atom. The molecule has 0 aliphatic carbocycles. The smallest absolute Gasteiger partial charge is 0.321 e. The maximum absolute atomic E-state index is 12.9. The summed E-state index contributed by atoms with van der Waals surface area (Å²) in [5.74, 6) is -0.0247. The molecule has 1 heterocycles. The van der Waals surface area contributed by atoms with Gasteiger partial charge in [0.1, 0.15) is 0 Å². The van der Waals surface area contributed by atoms with Gasteiger partial charge in [-0.05, 0) is 44.4 Å². The Labute approximate surface area is 171 Å². The molecule has 5 nitrogen and oxygen atoms in total. The van der Waals surface area contributed by atoms with Crippen molar-refractivity contribution in [2.75, 3.05) is 18.4 Å². The summed E-state index contributed by atoms with van der Waals surface area (Å²) in [5.41, 5.74) is 2.22. The van der Waals surface area contributed by atoms with Crippen LogP contribution in [-0.4, -0.2) is 29.9 Å². The lowest BCUT2D eigenvalue weighted by molar-refractivity contribution is -0.132. The summed E-state index contributed by atoms with van der Waals surface area (Å²) in [6.07, 6.45) is 1.53. The van der Waals surface area contributed by atoms with E-state index in [0.29, 0.717) is 30.3 Å². The fourth-order valence-corrected chi connectivity index (χ4v) is 3.64. The molecule has 0 saturated carbocycles. The number of hydrogen-bond donors (Lipinski definition) is 2. The van der Waals surface area contributed by atoms with Crippen LogP contribution in [0.3, 0.4) is 0 Å². The molecule has 1 aliphatic rings. The largest absolute Gasteiger partial charge is 0.351 e. The number of nitrogens with zero attached hydrogens (tertiary/aromatic N) is 1. The summed E-state index contributed by atoms with van der Waals surface area (Å²) in [5, 5.41) is 6.36. The fraction of sp³-hybridized carbons (Fsp3) is 0.364. The molecule has 2 aromatic carbocycles. The van der Waals surface area contributed by atoms with E-state index in [9.17, 15) is 9.59 Å². The Morgan fingerprint density at radius 2 is 1.86 bits per heavy atom. The summed E-state index contributed by atoms with van der Waals surface area (Å²) < 4.78 is 0. The number of hydrogen-bond acceptors (Lipinski definition) is 2. The van der Waals surface area contributed by atoms with Gasteiger partial charge < -0.3 is 15.5 Å². The standard InChI is InChI=1S/C22H26ClN3O2/c1-16-8-10-17(11-9-16)14-24-20(27)22(2)12-5-13-26(15-22)21(28)25-19-7-4-3-6-18(19)23/h3-4,6-11H,5,12-15H2,1-2H3,(H,24,27)(H,25,28)/t22-/m1/s1. The fourth-order valence-electron chi connectivity index (χ4n) is 3.46. The average molecular weight is 400 g/mol. The van der Waals surface area contributed by atoms with Crippen molar-refractivity contribution in [3.05, 3.63) is 64.7 Å². The van der Waals surface area contributed by atoms with Crippen LogP contribution in [0.1, 0.15) is 30.9 Å². The normalized spacial score (nSPS) is 19.2. The predicted molar refractivity (Wildman–Crippen MR) is 112 cm³/mol. The zero-order valence-corrected chi connectivity index (χ0v) is 17.1. The molecule has 0 unspecified atom stereocenters. The molecule has 2 N–H and O–H groups in total. The maximum atomic E-state index is 12.9. The molecular weight excluding hydrogens is 374 g/mol. The average Bonchev–Trinajstić information content (AvgIpc) is 2.69. The lowest BCUT2D eigenvalue weighted by atomic mass is 9.81. The number of piperidine rings is 1. The minimum Gasteiger partial charge on any atom is -0.351 e. The van der Waals surface area contributed by atoms with E-state index in [1.165, 1.54) is 5.56 Å². The van der Waals surface area contributed by atoms with Crippen LogP contribution in [0.25, 0.3) is 0 Å². The van der Waals surface area contributed by atoms with Crippen molar-refractivity contribution in [1.29, 1.82) is 0 Å². The van der Waals surface area contributed by atoms with Crippen LogP contribution < -0.4 is 10.6 Å². The van der Waals surface area contributed by atoms with Crippen molar-refractivity contribution in [2.24, 2.45) is 5.41 Å². The van der Waals surface area contributed by atoms with Gasteiger partial charge in [0.05, 0.1) is 16.1 Å². The number of amides is 3. The van der Waals surface area contributed by atoms with E-state index in [4.69, 9.17) is 11.6 Å². The lowest BCUT2D eigenvalue weighted by Crippen LogP contribution is -2.52. The van der Waals surface area contributed by atoms with Gasteiger partial charge in [-0.2, -0.15) is 0 Å². The predicted octanol–water partition coefficient (Wildman–Crippen LogP) is 4.60. The third-order valence-corrected chi connectivity index (χ3v) is 5.55. The topological polar surface area (TPSA) is 61.4 Å². The van der Waals surface area contributed by atoms with Gasteiger partial charge in [-0.1, -0.05) is 53.6 Å². The Balaban J connectivity index is 1.60. The Morgan fingerprint density at radius 1 is 1.14 bits per heavy atom. The quantitative estimate of drug-likeness (QED) is 0.789. The number of halogens is 1. The summed E-state index contributed by atoms with van der Waals surface area (Å²) in [6, 6.07) is 15.0. The second-order valence-electron chi connectivity index (χ2n) is 7.66. The molecule has 1 atom stereocenters. The number of rotatable bonds is 4. The van der Waals surface area contributed by atoms with Gasteiger partial charge in [-0.15, -0.1) is 0 Å². The van der Waals surface area contributed by atoms with Gasteiger partial charge in [0.25, 0.3) is 0 Å². The summed E-state index contributed by atoms with van der Waals surface area (Å²) >= 11 is 6.13. The van der Waals surface area contributed by atoms with E-state index in [2.05, 4.69) is 10.6 Å². The zero-order valence-electron chi connectivity index (χ0n) is 16.3. The number of aryl methyl sites for hydroxylation is 1. The molecular formula is C22H26ClN3O2. The number of nitrogens with one attached hydrogen (secondary N) is 2. The molecule has 1 saturated heterocycles. The van der Waals surface area contributed by atoms with Crippen LogP contribution in [-0.2, 0) is 11.3 Å². The molecule has 6 heteroatoms. The minimum atomic E-state index is -0.610. The second-order valence-corrected chi connectivity index (χ2v) is 8.07. The Bertz CT molecular complexity index is 853. The number of urea groups is 1. The van der Waals surface area contributed by atoms with E-state index < -0.39 is 5.41 Å². The lowest BCUT2D eigenvalue weighted by Gasteiger charge is -2.39. The van der Waals surface area contributed by atoms with Gasteiger partial charge in [0.2, 0.25) is 5.91 Å². The third-order valence-electron chi connectivity index (χ3n) is 5.22. The molecule has 148 valence electrons. The first-order chi connectivity index (χ1) is 13.4. The molecule has 1 aliphatic heterocycles. The van der Waals surface area contributed by atoms with Crippen molar-refractivity contribution < 1.29 is 9.59 Å². The van der Waals surface area contributed by atoms with Crippen molar-refractivity contribution in [1.82, 2.24) is 10.2 Å². The van der Waals surface area contributed by atoms with Crippen LogP contribution in [0.5, 0.6) is 0 Å². The number of para-hydroxylation sites is 1. The molecule has 0 aromatic heterocycles.